The lowest BCUT2D eigenvalue weighted by atomic mass is 10.1. The van der Waals surface area contributed by atoms with E-state index in [0.717, 1.165) is 10.0 Å². The van der Waals surface area contributed by atoms with Crippen LogP contribution in [0.2, 0.25) is 0 Å². The van der Waals surface area contributed by atoms with Crippen molar-refractivity contribution >= 4 is 39.1 Å². The third kappa shape index (κ3) is 1.42. The number of imide groups is 1. The molecule has 1 saturated heterocycles. The van der Waals surface area contributed by atoms with Gasteiger partial charge in [0, 0.05) is 10.2 Å². The van der Waals surface area contributed by atoms with Crippen LogP contribution in [0.4, 0.5) is 11.4 Å². The number of rotatable bonds is 1. The van der Waals surface area contributed by atoms with E-state index in [1.165, 1.54) is 4.90 Å². The molecule has 0 bridgehead atoms. The van der Waals surface area contributed by atoms with Crippen molar-refractivity contribution in [2.45, 2.75) is 13.3 Å². The van der Waals surface area contributed by atoms with Crippen molar-refractivity contribution in [1.82, 2.24) is 0 Å². The topological polar surface area (TPSA) is 63.4 Å². The summed E-state index contributed by atoms with van der Waals surface area (Å²) in [6.45, 7) is 1.88. The van der Waals surface area contributed by atoms with E-state index in [-0.39, 0.29) is 23.7 Å². The number of aryl methyl sites for hydroxylation is 1. The van der Waals surface area contributed by atoms with Gasteiger partial charge in [0.25, 0.3) is 0 Å². The lowest BCUT2D eigenvalue weighted by Crippen LogP contribution is -2.33. The number of amides is 2. The standard InChI is InChI=1S/C12H11BrN2O2/c1-5-2-8(13)10(4-9(5)14)15-11(16)6-3-7(6)12(15)17/h2,4,6-7H,3,14H2,1H3. The summed E-state index contributed by atoms with van der Waals surface area (Å²) in [5.74, 6) is -0.359. The van der Waals surface area contributed by atoms with Gasteiger partial charge in [-0.25, -0.2) is 4.90 Å². The number of hydrogen-bond donors (Lipinski definition) is 1. The Bertz CT molecular complexity index is 536. The molecule has 0 aromatic heterocycles. The van der Waals surface area contributed by atoms with Crippen molar-refractivity contribution in [3.63, 3.8) is 0 Å². The van der Waals surface area contributed by atoms with Crippen LogP contribution in [0.1, 0.15) is 12.0 Å². The summed E-state index contributed by atoms with van der Waals surface area (Å²) in [4.78, 5) is 25.2. The number of benzene rings is 1. The molecule has 5 heteroatoms. The highest BCUT2D eigenvalue weighted by Gasteiger charge is 2.59. The van der Waals surface area contributed by atoms with E-state index in [4.69, 9.17) is 5.73 Å². The number of anilines is 2. The first kappa shape index (κ1) is 10.8. The Balaban J connectivity index is 2.08. The van der Waals surface area contributed by atoms with Crippen LogP contribution in [0.3, 0.4) is 0 Å². The predicted octanol–water partition coefficient (Wildman–Crippen LogP) is 1.85. The molecule has 3 rings (SSSR count). The van der Waals surface area contributed by atoms with E-state index < -0.39 is 0 Å². The minimum Gasteiger partial charge on any atom is -0.398 e. The fraction of sp³-hybridized carbons (Fsp3) is 0.333. The summed E-state index contributed by atoms with van der Waals surface area (Å²) in [6.07, 6.45) is 0.715. The normalized spacial score (nSPS) is 26.4. The number of nitrogen functional groups attached to an aromatic ring is 1. The van der Waals surface area contributed by atoms with Gasteiger partial charge in [-0.3, -0.25) is 9.59 Å². The van der Waals surface area contributed by atoms with Gasteiger partial charge >= 0.3 is 0 Å². The summed E-state index contributed by atoms with van der Waals surface area (Å²) >= 11 is 3.38. The van der Waals surface area contributed by atoms with Crippen molar-refractivity contribution < 1.29 is 9.59 Å². The highest BCUT2D eigenvalue weighted by molar-refractivity contribution is 9.10. The van der Waals surface area contributed by atoms with E-state index >= 15 is 0 Å². The number of halogens is 1. The maximum atomic E-state index is 11.9. The Morgan fingerprint density at radius 2 is 1.88 bits per heavy atom. The summed E-state index contributed by atoms with van der Waals surface area (Å²) in [5, 5.41) is 0. The zero-order valence-electron chi connectivity index (χ0n) is 9.24. The summed E-state index contributed by atoms with van der Waals surface area (Å²) in [6, 6.07) is 3.51. The van der Waals surface area contributed by atoms with Crippen molar-refractivity contribution in [3.05, 3.63) is 22.2 Å². The van der Waals surface area contributed by atoms with Crippen LogP contribution < -0.4 is 10.6 Å². The third-order valence-corrected chi connectivity index (χ3v) is 4.08. The fourth-order valence-electron chi connectivity index (χ4n) is 2.27. The molecular formula is C12H11BrN2O2. The van der Waals surface area contributed by atoms with Crippen molar-refractivity contribution in [2.24, 2.45) is 11.8 Å². The molecule has 1 aromatic carbocycles. The van der Waals surface area contributed by atoms with Crippen molar-refractivity contribution in [3.8, 4) is 0 Å². The molecule has 88 valence electrons. The van der Waals surface area contributed by atoms with Gasteiger partial charge in [-0.2, -0.15) is 0 Å². The average molecular weight is 295 g/mol. The second kappa shape index (κ2) is 3.32. The Hall–Kier alpha value is -1.36. The van der Waals surface area contributed by atoms with Gasteiger partial charge in [0.2, 0.25) is 11.8 Å². The molecule has 2 fully saturated rings. The molecule has 2 N–H and O–H groups in total. The molecule has 1 saturated carbocycles. The fourth-order valence-corrected chi connectivity index (χ4v) is 2.90. The zero-order valence-corrected chi connectivity index (χ0v) is 10.8. The molecule has 2 amide bonds. The first-order chi connectivity index (χ1) is 8.00. The molecule has 2 atom stereocenters. The third-order valence-electron chi connectivity index (χ3n) is 3.44. The lowest BCUT2D eigenvalue weighted by molar-refractivity contribution is -0.123. The van der Waals surface area contributed by atoms with Crippen LogP contribution in [0, 0.1) is 18.8 Å². The number of piperidine rings is 1. The van der Waals surface area contributed by atoms with Gasteiger partial charge in [-0.15, -0.1) is 0 Å². The smallest absolute Gasteiger partial charge is 0.237 e. The van der Waals surface area contributed by atoms with Crippen LogP contribution in [0.5, 0.6) is 0 Å². The minimum absolute atomic E-state index is 0.0862. The summed E-state index contributed by atoms with van der Waals surface area (Å²) in [7, 11) is 0. The van der Waals surface area contributed by atoms with Crippen LogP contribution in [-0.4, -0.2) is 11.8 Å². The molecule has 4 nitrogen and oxygen atoms in total. The highest BCUT2D eigenvalue weighted by Crippen LogP contribution is 2.49. The average Bonchev–Trinajstić information content (AvgIpc) is 3.00. The van der Waals surface area contributed by atoms with Crippen molar-refractivity contribution in [1.29, 1.82) is 0 Å². The van der Waals surface area contributed by atoms with E-state index in [9.17, 15) is 9.59 Å². The number of carbonyl (C=O) groups excluding carboxylic acids is 2. The molecule has 1 aliphatic carbocycles. The molecule has 1 aromatic rings. The molecule has 2 aliphatic rings. The zero-order chi connectivity index (χ0) is 12.3. The Kier molecular flexibility index (Phi) is 2.10. The van der Waals surface area contributed by atoms with E-state index in [0.29, 0.717) is 17.8 Å². The Morgan fingerprint density at radius 1 is 1.29 bits per heavy atom. The van der Waals surface area contributed by atoms with Crippen LogP contribution in [0.25, 0.3) is 0 Å². The maximum absolute atomic E-state index is 11.9. The Morgan fingerprint density at radius 3 is 2.47 bits per heavy atom. The number of hydrogen-bond acceptors (Lipinski definition) is 3. The van der Waals surface area contributed by atoms with Crippen LogP contribution >= 0.6 is 15.9 Å². The summed E-state index contributed by atoms with van der Waals surface area (Å²) in [5.41, 5.74) is 7.90. The number of nitrogens with zero attached hydrogens (tertiary/aromatic N) is 1. The van der Waals surface area contributed by atoms with Crippen LogP contribution in [0.15, 0.2) is 16.6 Å². The van der Waals surface area contributed by atoms with Gasteiger partial charge < -0.3 is 5.73 Å². The monoisotopic (exact) mass is 294 g/mol. The maximum Gasteiger partial charge on any atom is 0.237 e. The van der Waals surface area contributed by atoms with Crippen LogP contribution in [-0.2, 0) is 9.59 Å². The quantitative estimate of drug-likeness (QED) is 0.635. The summed E-state index contributed by atoms with van der Waals surface area (Å²) < 4.78 is 0.729. The van der Waals surface area contributed by atoms with Gasteiger partial charge in [0.15, 0.2) is 0 Å². The predicted molar refractivity (Wildman–Crippen MR) is 67.4 cm³/mol. The number of nitrogens with two attached hydrogens (primary N) is 1. The minimum atomic E-state index is -0.0936. The van der Waals surface area contributed by atoms with Gasteiger partial charge in [-0.05, 0) is 47.0 Å². The second-order valence-electron chi connectivity index (χ2n) is 4.62. The molecular weight excluding hydrogens is 284 g/mol. The first-order valence-corrected chi connectivity index (χ1v) is 6.23. The van der Waals surface area contributed by atoms with E-state index in [2.05, 4.69) is 15.9 Å². The molecule has 1 aliphatic heterocycles. The number of carbonyl (C=O) groups is 2. The van der Waals surface area contributed by atoms with E-state index in [1.54, 1.807) is 6.07 Å². The van der Waals surface area contributed by atoms with Gasteiger partial charge in [0.05, 0.1) is 17.5 Å². The Labute approximate surface area is 107 Å². The molecule has 2 unspecified atom stereocenters. The lowest BCUT2D eigenvalue weighted by Gasteiger charge is -2.19. The SMILES string of the molecule is Cc1cc(Br)c(N2C(=O)C3CC3C2=O)cc1N. The van der Waals surface area contributed by atoms with Crippen molar-refractivity contribution in [2.75, 3.05) is 10.6 Å². The number of fused-ring (bicyclic) bond motifs is 1. The molecule has 0 spiro atoms. The highest BCUT2D eigenvalue weighted by atomic mass is 79.9. The van der Waals surface area contributed by atoms with Gasteiger partial charge in [0.1, 0.15) is 0 Å². The van der Waals surface area contributed by atoms with E-state index in [1.807, 2.05) is 13.0 Å². The molecule has 0 radical (unpaired) electrons. The second-order valence-corrected chi connectivity index (χ2v) is 5.48. The molecule has 1 heterocycles. The first-order valence-electron chi connectivity index (χ1n) is 5.44. The largest absolute Gasteiger partial charge is 0.398 e. The van der Waals surface area contributed by atoms with Gasteiger partial charge in [-0.1, -0.05) is 0 Å². The molecule has 17 heavy (non-hydrogen) atoms.